The second-order valence-electron chi connectivity index (χ2n) is 13.6. The number of likely N-dealkylation sites (tertiary alicyclic amines) is 1. The molecule has 2 aliphatic rings. The van der Waals surface area contributed by atoms with E-state index < -0.39 is 20.7 Å². The number of phosphoric acid groups is 1. The van der Waals surface area contributed by atoms with Crippen LogP contribution in [0.2, 0.25) is 5.02 Å². The van der Waals surface area contributed by atoms with Crippen molar-refractivity contribution in [3.8, 4) is 5.75 Å². The third-order valence-electron chi connectivity index (χ3n) is 9.68. The summed E-state index contributed by atoms with van der Waals surface area (Å²) in [6.45, 7) is 1.51. The summed E-state index contributed by atoms with van der Waals surface area (Å²) in [7, 11) is -0.316. The van der Waals surface area contributed by atoms with Gasteiger partial charge >= 0.3 is 7.82 Å². The van der Waals surface area contributed by atoms with Crippen molar-refractivity contribution in [1.29, 1.82) is 0 Å². The summed E-state index contributed by atoms with van der Waals surface area (Å²) < 4.78 is 29.6. The number of benzene rings is 3. The molecule has 52 heavy (non-hydrogen) atoms. The van der Waals surface area contributed by atoms with Crippen LogP contribution < -0.4 is 20.3 Å². The molecule has 1 saturated heterocycles. The number of ether oxygens (including phenoxy) is 1. The zero-order chi connectivity index (χ0) is 36.3. The van der Waals surface area contributed by atoms with Gasteiger partial charge in [0.1, 0.15) is 5.75 Å². The zero-order valence-electron chi connectivity index (χ0n) is 29.9. The fourth-order valence-corrected chi connectivity index (χ4v) is 7.68. The summed E-state index contributed by atoms with van der Waals surface area (Å²) in [6.07, 6.45) is 8.83. The van der Waals surface area contributed by atoms with E-state index in [1.165, 1.54) is 25.7 Å². The smallest absolute Gasteiger partial charge is 0.465 e. The fourth-order valence-electron chi connectivity index (χ4n) is 6.68. The number of rotatable bonds is 15. The molecule has 0 amide bonds. The van der Waals surface area contributed by atoms with E-state index in [0.29, 0.717) is 42.0 Å². The van der Waals surface area contributed by atoms with Gasteiger partial charge in [0.05, 0.1) is 11.1 Å². The van der Waals surface area contributed by atoms with E-state index >= 15 is 0 Å². The maximum absolute atomic E-state index is 13.0. The van der Waals surface area contributed by atoms with E-state index in [1.54, 1.807) is 18.2 Å². The lowest BCUT2D eigenvalue weighted by molar-refractivity contribution is 0.0482. The van der Waals surface area contributed by atoms with Crippen LogP contribution in [0.1, 0.15) is 68.6 Å². The highest BCUT2D eigenvalue weighted by atomic mass is 35.5. The number of hydrogen-bond donors (Lipinski definition) is 3. The van der Waals surface area contributed by atoms with Crippen molar-refractivity contribution in [1.82, 2.24) is 19.9 Å². The summed E-state index contributed by atoms with van der Waals surface area (Å²) in [5.74, 6) is 1.83. The lowest BCUT2D eigenvalue weighted by Gasteiger charge is -2.35. The maximum atomic E-state index is 13.0. The Bertz CT molecular complexity index is 1760. The molecule has 12 nitrogen and oxygen atoms in total. The second kappa shape index (κ2) is 18.3. The van der Waals surface area contributed by atoms with Gasteiger partial charge in [-0.1, -0.05) is 97.9 Å². The quantitative estimate of drug-likeness (QED) is 0.0612. The molecule has 0 bridgehead atoms. The van der Waals surface area contributed by atoms with Crippen LogP contribution in [0.4, 0.5) is 23.5 Å². The van der Waals surface area contributed by atoms with Crippen LogP contribution in [0, 0.1) is 0 Å². The molecule has 278 valence electrons. The summed E-state index contributed by atoms with van der Waals surface area (Å²) >= 11 is 6.61. The molecule has 1 saturated carbocycles. The Kier molecular flexibility index (Phi) is 13.4. The average molecular weight is 750 g/mol. The van der Waals surface area contributed by atoms with Crippen LogP contribution in [-0.4, -0.2) is 70.8 Å². The Morgan fingerprint density at radius 1 is 0.923 bits per heavy atom. The van der Waals surface area contributed by atoms with Gasteiger partial charge in [-0.3, -0.25) is 4.52 Å². The molecule has 1 aliphatic heterocycles. The summed E-state index contributed by atoms with van der Waals surface area (Å²) in [6, 6.07) is 24.6. The van der Waals surface area contributed by atoms with Crippen LogP contribution in [0.5, 0.6) is 5.75 Å². The highest BCUT2D eigenvalue weighted by Crippen LogP contribution is 2.49. The highest BCUT2D eigenvalue weighted by molar-refractivity contribution is 7.47. The van der Waals surface area contributed by atoms with E-state index in [0.717, 1.165) is 49.9 Å². The first-order valence-corrected chi connectivity index (χ1v) is 20.0. The molecule has 2 unspecified atom stereocenters. The van der Waals surface area contributed by atoms with E-state index in [4.69, 9.17) is 40.3 Å². The summed E-state index contributed by atoms with van der Waals surface area (Å²) in [4.78, 5) is 29.6. The topological polar surface area (TPSA) is 134 Å². The van der Waals surface area contributed by atoms with Crippen molar-refractivity contribution in [2.24, 2.45) is 0 Å². The molecule has 0 spiro atoms. The minimum atomic E-state index is -4.52. The Labute approximate surface area is 311 Å². The molecule has 3 N–H and O–H groups in total. The normalized spacial score (nSPS) is 17.8. The van der Waals surface area contributed by atoms with Gasteiger partial charge in [-0.05, 0) is 75.1 Å². The molecule has 1 aliphatic carbocycles. The molecule has 0 radical (unpaired) electrons. The molecule has 14 heteroatoms. The number of halogens is 1. The lowest BCUT2D eigenvalue weighted by Crippen LogP contribution is -2.42. The number of hydrogen-bond acceptors (Lipinski definition) is 11. The first-order chi connectivity index (χ1) is 25.2. The molecule has 2 heterocycles. The van der Waals surface area contributed by atoms with Gasteiger partial charge < -0.3 is 30.1 Å². The number of anilines is 4. The van der Waals surface area contributed by atoms with Gasteiger partial charge in [0.25, 0.3) is 0 Å². The SMILES string of the molecule is CN1CCC(N(C)c2nc(Nc3ccc(OCOP(=O)(O)OC(Cc4ccccc4)c4ccccc4)c(Cl)c3)nc(NC3CCCCCC3)n2)CC1. The Balaban J connectivity index is 1.10. The highest BCUT2D eigenvalue weighted by Gasteiger charge is 2.29. The van der Waals surface area contributed by atoms with Crippen LogP contribution in [-0.2, 0) is 20.0 Å². The number of nitrogens with zero attached hydrogens (tertiary/aromatic N) is 5. The van der Waals surface area contributed by atoms with Crippen LogP contribution in [0.3, 0.4) is 0 Å². The minimum Gasteiger partial charge on any atom is -0.465 e. The van der Waals surface area contributed by atoms with E-state index in [9.17, 15) is 9.46 Å². The fraction of sp³-hybridized carbons (Fsp3) is 0.447. The summed E-state index contributed by atoms with van der Waals surface area (Å²) in [5, 5.41) is 7.15. The molecular formula is C38H49ClN7O5P. The van der Waals surface area contributed by atoms with Crippen molar-refractivity contribution in [3.05, 3.63) is 95.0 Å². The maximum Gasteiger partial charge on any atom is 0.475 e. The van der Waals surface area contributed by atoms with E-state index in [-0.39, 0.29) is 10.8 Å². The van der Waals surface area contributed by atoms with Crippen molar-refractivity contribution in [2.75, 3.05) is 49.5 Å². The number of nitrogens with one attached hydrogen (secondary N) is 2. The summed E-state index contributed by atoms with van der Waals surface area (Å²) in [5.41, 5.74) is 2.35. The Morgan fingerprint density at radius 3 is 2.29 bits per heavy atom. The van der Waals surface area contributed by atoms with Crippen LogP contribution in [0.25, 0.3) is 0 Å². The van der Waals surface area contributed by atoms with Gasteiger partial charge in [0.2, 0.25) is 17.8 Å². The molecule has 2 fully saturated rings. The van der Waals surface area contributed by atoms with Gasteiger partial charge in [0.15, 0.2) is 6.79 Å². The number of phosphoric ester groups is 1. The predicted molar refractivity (Wildman–Crippen MR) is 205 cm³/mol. The molecular weight excluding hydrogens is 701 g/mol. The molecule has 1 aromatic heterocycles. The van der Waals surface area contributed by atoms with Gasteiger partial charge in [-0.25, -0.2) is 9.09 Å². The third kappa shape index (κ3) is 11.1. The van der Waals surface area contributed by atoms with Crippen LogP contribution in [0.15, 0.2) is 78.9 Å². The molecule has 3 aromatic carbocycles. The van der Waals surface area contributed by atoms with Crippen molar-refractivity contribution >= 4 is 43.0 Å². The number of piperidine rings is 1. The first-order valence-electron chi connectivity index (χ1n) is 18.1. The van der Waals surface area contributed by atoms with Crippen molar-refractivity contribution in [2.45, 2.75) is 76.0 Å². The van der Waals surface area contributed by atoms with Gasteiger partial charge in [0, 0.05) is 31.2 Å². The first kappa shape index (κ1) is 38.0. The lowest BCUT2D eigenvalue weighted by atomic mass is 10.0. The van der Waals surface area contributed by atoms with Crippen molar-refractivity contribution in [3.63, 3.8) is 0 Å². The third-order valence-corrected chi connectivity index (χ3v) is 10.9. The molecule has 4 aromatic rings. The zero-order valence-corrected chi connectivity index (χ0v) is 31.5. The van der Waals surface area contributed by atoms with Crippen molar-refractivity contribution < 1.29 is 23.2 Å². The van der Waals surface area contributed by atoms with E-state index in [1.807, 2.05) is 60.7 Å². The predicted octanol–water partition coefficient (Wildman–Crippen LogP) is 8.39. The van der Waals surface area contributed by atoms with E-state index in [2.05, 4.69) is 34.5 Å². The monoisotopic (exact) mass is 749 g/mol. The standard InChI is InChI=1S/C38H49ClN7O5P/c1-45-23-21-32(22-24-45)46(2)38-43-36(40-30-17-11-3-4-12-18-30)42-37(44-38)41-31-19-20-34(33(39)26-31)49-27-50-52(47,48)51-35(29-15-9-6-10-16-29)25-28-13-7-5-8-14-28/h5-10,13-16,19-20,26,30,32,35H,3-4,11-12,17-18,21-25,27H2,1-2H3,(H,47,48)(H2,40,41,42,43,44). The second-order valence-corrected chi connectivity index (χ2v) is 15.4. The largest absolute Gasteiger partial charge is 0.475 e. The molecule has 2 atom stereocenters. The average Bonchev–Trinajstić information content (AvgIpc) is 3.41. The minimum absolute atomic E-state index is 0.267. The van der Waals surface area contributed by atoms with Gasteiger partial charge in [-0.15, -0.1) is 0 Å². The van der Waals surface area contributed by atoms with Crippen LogP contribution >= 0.6 is 19.4 Å². The molecule has 6 rings (SSSR count). The Morgan fingerprint density at radius 2 is 1.60 bits per heavy atom. The van der Waals surface area contributed by atoms with Gasteiger partial charge in [-0.2, -0.15) is 15.0 Å². The number of aromatic nitrogens is 3. The Hall–Kier alpha value is -3.77.